The number of halogens is 1. The lowest BCUT2D eigenvalue weighted by Gasteiger charge is -2.37. The number of rotatable bonds is 5. The number of nitrogens with zero attached hydrogens (tertiary/aromatic N) is 3. The molecule has 1 aliphatic heterocycles. The largest absolute Gasteiger partial charge is 0.480 e. The lowest BCUT2D eigenvalue weighted by atomic mass is 9.93. The lowest BCUT2D eigenvalue weighted by Crippen LogP contribution is -2.54. The Morgan fingerprint density at radius 2 is 1.74 bits per heavy atom. The smallest absolute Gasteiger partial charge is 0.329 e. The molecule has 1 aliphatic carbocycles. The van der Waals surface area contributed by atoms with Crippen LogP contribution in [-0.4, -0.2) is 71.9 Å². The molecule has 1 saturated carbocycles. The maximum atomic E-state index is 12.5. The van der Waals surface area contributed by atoms with Gasteiger partial charge in [0, 0.05) is 50.3 Å². The number of hydrogen-bond acceptors (Lipinski definition) is 5. The van der Waals surface area contributed by atoms with Crippen LogP contribution in [0.2, 0.25) is 0 Å². The van der Waals surface area contributed by atoms with Gasteiger partial charge in [-0.3, -0.25) is 4.98 Å². The second kappa shape index (κ2) is 10.3. The van der Waals surface area contributed by atoms with E-state index < -0.39 is 5.97 Å². The first kappa shape index (κ1) is 21.2. The second-order valence-electron chi connectivity index (χ2n) is 6.81. The van der Waals surface area contributed by atoms with Gasteiger partial charge in [-0.25, -0.2) is 9.59 Å². The number of carbonyl (C=O) groups is 2. The van der Waals surface area contributed by atoms with Gasteiger partial charge >= 0.3 is 12.0 Å². The number of aromatic nitrogens is 1. The number of nitrogens with one attached hydrogen (secondary N) is 1. The molecule has 2 aliphatic rings. The molecule has 3 rings (SSSR count). The molecule has 1 aromatic heterocycles. The predicted molar refractivity (Wildman–Crippen MR) is 103 cm³/mol. The Bertz CT molecular complexity index is 603. The highest BCUT2D eigenvalue weighted by Gasteiger charge is 2.26. The minimum absolute atomic E-state index is 0. The predicted octanol–water partition coefficient (Wildman–Crippen LogP) is 1.75. The molecule has 2 amide bonds. The van der Waals surface area contributed by atoms with E-state index in [1.165, 1.54) is 0 Å². The molecule has 8 nitrogen and oxygen atoms in total. The summed E-state index contributed by atoms with van der Waals surface area (Å²) in [5, 5.41) is 11.8. The van der Waals surface area contributed by atoms with Crippen molar-refractivity contribution in [2.45, 2.75) is 37.8 Å². The highest BCUT2D eigenvalue weighted by Crippen LogP contribution is 2.22. The highest BCUT2D eigenvalue weighted by molar-refractivity contribution is 5.85. The first-order valence-electron chi connectivity index (χ1n) is 9.15. The molecule has 0 radical (unpaired) electrons. The number of pyridine rings is 1. The van der Waals surface area contributed by atoms with Crippen molar-refractivity contribution in [3.63, 3.8) is 0 Å². The lowest BCUT2D eigenvalue weighted by molar-refractivity contribution is -0.145. The number of urea groups is 1. The zero-order valence-corrected chi connectivity index (χ0v) is 16.1. The zero-order valence-electron chi connectivity index (χ0n) is 15.2. The first-order valence-corrected chi connectivity index (χ1v) is 9.15. The van der Waals surface area contributed by atoms with Crippen LogP contribution >= 0.6 is 12.4 Å². The zero-order chi connectivity index (χ0) is 18.4. The summed E-state index contributed by atoms with van der Waals surface area (Å²) >= 11 is 0. The number of aliphatic carboxylic acids is 1. The molecular formula is C18H27ClN4O4. The van der Waals surface area contributed by atoms with Crippen LogP contribution in [0.3, 0.4) is 0 Å². The summed E-state index contributed by atoms with van der Waals surface area (Å²) in [4.78, 5) is 31.2. The van der Waals surface area contributed by atoms with Gasteiger partial charge in [-0.1, -0.05) is 0 Å². The molecule has 150 valence electrons. The maximum absolute atomic E-state index is 12.5. The number of piperazine rings is 1. The number of ether oxygens (including phenoxy) is 1. The minimum atomic E-state index is -0.939. The average Bonchev–Trinajstić information content (AvgIpc) is 2.68. The van der Waals surface area contributed by atoms with Crippen molar-refractivity contribution in [1.82, 2.24) is 15.2 Å². The van der Waals surface area contributed by atoms with E-state index in [4.69, 9.17) is 9.84 Å². The van der Waals surface area contributed by atoms with Gasteiger partial charge in [0.1, 0.15) is 6.61 Å². The number of amides is 2. The van der Waals surface area contributed by atoms with E-state index in [0.29, 0.717) is 13.1 Å². The molecule has 1 saturated heterocycles. The summed E-state index contributed by atoms with van der Waals surface area (Å²) < 4.78 is 5.34. The van der Waals surface area contributed by atoms with Crippen molar-refractivity contribution in [2.24, 2.45) is 0 Å². The van der Waals surface area contributed by atoms with E-state index in [-0.39, 0.29) is 37.2 Å². The molecule has 0 atom stereocenters. The fourth-order valence-electron chi connectivity index (χ4n) is 3.55. The van der Waals surface area contributed by atoms with Crippen molar-refractivity contribution in [3.8, 4) is 0 Å². The van der Waals surface area contributed by atoms with Gasteiger partial charge in [0.2, 0.25) is 0 Å². The number of carbonyl (C=O) groups excluding carboxylic acids is 1. The van der Waals surface area contributed by atoms with Crippen LogP contribution in [0.4, 0.5) is 10.5 Å². The number of carboxylic acid groups (broad SMARTS) is 1. The fraction of sp³-hybridized carbons (Fsp3) is 0.611. The Hall–Kier alpha value is -2.06. The Kier molecular flexibility index (Phi) is 8.12. The van der Waals surface area contributed by atoms with Crippen LogP contribution in [-0.2, 0) is 9.53 Å². The Morgan fingerprint density at radius 1 is 1.11 bits per heavy atom. The first-order chi connectivity index (χ1) is 12.6. The summed E-state index contributed by atoms with van der Waals surface area (Å²) in [7, 11) is 0. The van der Waals surface area contributed by atoms with E-state index in [0.717, 1.165) is 44.5 Å². The Labute approximate surface area is 165 Å². The van der Waals surface area contributed by atoms with E-state index in [1.807, 2.05) is 17.0 Å². The number of hydrogen-bond donors (Lipinski definition) is 2. The van der Waals surface area contributed by atoms with Crippen molar-refractivity contribution in [1.29, 1.82) is 0 Å². The average molecular weight is 399 g/mol. The van der Waals surface area contributed by atoms with Crippen molar-refractivity contribution < 1.29 is 19.4 Å². The number of anilines is 1. The third-order valence-corrected chi connectivity index (χ3v) is 5.04. The van der Waals surface area contributed by atoms with Crippen LogP contribution in [0.5, 0.6) is 0 Å². The minimum Gasteiger partial charge on any atom is -0.480 e. The van der Waals surface area contributed by atoms with Crippen LogP contribution in [0.15, 0.2) is 24.5 Å². The normalized spacial score (nSPS) is 22.7. The summed E-state index contributed by atoms with van der Waals surface area (Å²) in [5.41, 5.74) is 1.14. The number of carboxylic acids is 1. The molecule has 2 fully saturated rings. The molecule has 2 N–H and O–H groups in total. The summed E-state index contributed by atoms with van der Waals surface area (Å²) in [5.74, 6) is -0.939. The third kappa shape index (κ3) is 6.25. The van der Waals surface area contributed by atoms with E-state index in [9.17, 15) is 9.59 Å². The van der Waals surface area contributed by atoms with Crippen LogP contribution in [0, 0.1) is 0 Å². The van der Waals surface area contributed by atoms with Crippen LogP contribution in [0.1, 0.15) is 25.7 Å². The third-order valence-electron chi connectivity index (χ3n) is 5.04. The molecule has 2 heterocycles. The van der Waals surface area contributed by atoms with Crippen molar-refractivity contribution in [3.05, 3.63) is 24.5 Å². The van der Waals surface area contributed by atoms with Gasteiger partial charge in [0.05, 0.1) is 6.10 Å². The fourth-order valence-corrected chi connectivity index (χ4v) is 3.55. The van der Waals surface area contributed by atoms with Crippen molar-refractivity contribution in [2.75, 3.05) is 37.7 Å². The molecule has 1 aromatic rings. The SMILES string of the molecule is Cl.O=C(O)COC1CCC(NC(=O)N2CCN(c3ccncc3)CC2)CC1. The van der Waals surface area contributed by atoms with Crippen LogP contribution in [0.25, 0.3) is 0 Å². The standard InChI is InChI=1S/C18H26N4O4.ClH/c23-17(24)13-26-16-3-1-14(2-4-16)20-18(25)22-11-9-21(10-12-22)15-5-7-19-8-6-15;/h5-8,14,16H,1-4,9-13H2,(H,20,25)(H,23,24);1H. The summed E-state index contributed by atoms with van der Waals surface area (Å²) in [6.07, 6.45) is 6.78. The molecule has 0 aromatic carbocycles. The summed E-state index contributed by atoms with van der Waals surface area (Å²) in [6.45, 7) is 2.78. The van der Waals surface area contributed by atoms with Gasteiger partial charge < -0.3 is 25.0 Å². The highest BCUT2D eigenvalue weighted by atomic mass is 35.5. The molecule has 0 bridgehead atoms. The molecular weight excluding hydrogens is 372 g/mol. The molecule has 9 heteroatoms. The van der Waals surface area contributed by atoms with Gasteiger partial charge in [0.15, 0.2) is 0 Å². The van der Waals surface area contributed by atoms with Crippen molar-refractivity contribution >= 4 is 30.1 Å². The second-order valence-corrected chi connectivity index (χ2v) is 6.81. The van der Waals surface area contributed by atoms with Gasteiger partial charge in [-0.2, -0.15) is 0 Å². The van der Waals surface area contributed by atoms with E-state index in [1.54, 1.807) is 12.4 Å². The molecule has 27 heavy (non-hydrogen) atoms. The van der Waals surface area contributed by atoms with E-state index in [2.05, 4.69) is 15.2 Å². The van der Waals surface area contributed by atoms with Gasteiger partial charge in [-0.15, -0.1) is 12.4 Å². The van der Waals surface area contributed by atoms with Crippen LogP contribution < -0.4 is 10.2 Å². The monoisotopic (exact) mass is 398 g/mol. The maximum Gasteiger partial charge on any atom is 0.329 e. The Balaban J connectivity index is 0.00000261. The van der Waals surface area contributed by atoms with E-state index >= 15 is 0 Å². The summed E-state index contributed by atoms with van der Waals surface area (Å²) in [6, 6.07) is 4.11. The molecule has 0 spiro atoms. The topological polar surface area (TPSA) is 95.0 Å². The Morgan fingerprint density at radius 3 is 2.33 bits per heavy atom. The molecule has 0 unspecified atom stereocenters. The van der Waals surface area contributed by atoms with Gasteiger partial charge in [-0.05, 0) is 37.8 Å². The quantitative estimate of drug-likeness (QED) is 0.784. The van der Waals surface area contributed by atoms with Gasteiger partial charge in [0.25, 0.3) is 0 Å².